The average Bonchev–Trinajstić information content (AvgIpc) is 2.67. The van der Waals surface area contributed by atoms with Gasteiger partial charge in [-0.25, -0.2) is 0 Å². The molecule has 4 heteroatoms. The van der Waals surface area contributed by atoms with E-state index in [-0.39, 0.29) is 5.78 Å². The maximum Gasteiger partial charge on any atom is 0.178 e. The molecule has 1 aromatic heterocycles. The van der Waals surface area contributed by atoms with Gasteiger partial charge in [-0.3, -0.25) is 9.69 Å². The van der Waals surface area contributed by atoms with Crippen molar-refractivity contribution in [2.24, 2.45) is 13.0 Å². The fourth-order valence-corrected chi connectivity index (χ4v) is 3.18. The summed E-state index contributed by atoms with van der Waals surface area (Å²) in [6, 6.07) is 2.02. The predicted molar refractivity (Wildman–Crippen MR) is 82.3 cm³/mol. The highest BCUT2D eigenvalue weighted by Crippen LogP contribution is 2.18. The Morgan fingerprint density at radius 2 is 2.20 bits per heavy atom. The van der Waals surface area contributed by atoms with Crippen molar-refractivity contribution in [3.05, 3.63) is 23.0 Å². The van der Waals surface area contributed by atoms with Crippen LogP contribution in [0.2, 0.25) is 0 Å². The quantitative estimate of drug-likeness (QED) is 0.833. The monoisotopic (exact) mass is 277 g/mol. The van der Waals surface area contributed by atoms with Crippen molar-refractivity contribution in [1.29, 1.82) is 0 Å². The number of likely N-dealkylation sites (tertiary alicyclic amines) is 1. The number of ketones is 1. The van der Waals surface area contributed by atoms with E-state index in [2.05, 4.69) is 14.8 Å². The highest BCUT2D eigenvalue weighted by atomic mass is 16.1. The van der Waals surface area contributed by atoms with Crippen LogP contribution in [0, 0.1) is 19.8 Å². The third-order valence-electron chi connectivity index (χ3n) is 4.54. The number of hydrogen-bond donors (Lipinski definition) is 1. The summed E-state index contributed by atoms with van der Waals surface area (Å²) < 4.78 is 2.09. The number of nitrogens with one attached hydrogen (secondary N) is 1. The summed E-state index contributed by atoms with van der Waals surface area (Å²) in [4.78, 5) is 14.8. The van der Waals surface area contributed by atoms with E-state index in [1.807, 2.05) is 34.0 Å². The Hall–Kier alpha value is -1.13. The molecule has 0 amide bonds. The Balaban J connectivity index is 1.98. The highest BCUT2D eigenvalue weighted by Gasteiger charge is 2.23. The molecule has 1 unspecified atom stereocenters. The SMILES string of the molecule is CNCC1CCCN(CC(=O)c2cc(C)n(C)c2C)C1. The molecule has 1 saturated heterocycles. The Morgan fingerprint density at radius 1 is 1.45 bits per heavy atom. The van der Waals surface area contributed by atoms with Crippen LogP contribution in [0.15, 0.2) is 6.07 Å². The number of Topliss-reactive ketones (excluding diaryl/α,β-unsaturated/α-hetero) is 1. The lowest BCUT2D eigenvalue weighted by atomic mass is 9.97. The van der Waals surface area contributed by atoms with E-state index in [9.17, 15) is 4.79 Å². The van der Waals surface area contributed by atoms with Crippen molar-refractivity contribution >= 4 is 5.78 Å². The molecule has 0 aliphatic carbocycles. The lowest BCUT2D eigenvalue weighted by Gasteiger charge is -2.32. The number of aromatic nitrogens is 1. The minimum atomic E-state index is 0.260. The van der Waals surface area contributed by atoms with E-state index in [0.717, 1.165) is 36.6 Å². The molecule has 1 aliphatic heterocycles. The largest absolute Gasteiger partial charge is 0.351 e. The Bertz CT molecular complexity index is 476. The molecular weight excluding hydrogens is 250 g/mol. The first-order valence-electron chi connectivity index (χ1n) is 7.56. The molecular formula is C16H27N3O. The van der Waals surface area contributed by atoms with Gasteiger partial charge >= 0.3 is 0 Å². The van der Waals surface area contributed by atoms with Crippen LogP contribution >= 0.6 is 0 Å². The van der Waals surface area contributed by atoms with E-state index in [1.54, 1.807) is 0 Å². The molecule has 1 N–H and O–H groups in total. The molecule has 4 nitrogen and oxygen atoms in total. The number of carbonyl (C=O) groups is 1. The van der Waals surface area contributed by atoms with Crippen molar-refractivity contribution in [3.63, 3.8) is 0 Å². The fraction of sp³-hybridized carbons (Fsp3) is 0.688. The van der Waals surface area contributed by atoms with Crippen LogP contribution in [0.5, 0.6) is 0 Å². The molecule has 0 bridgehead atoms. The molecule has 2 rings (SSSR count). The predicted octanol–water partition coefficient (Wildman–Crippen LogP) is 1.76. The third kappa shape index (κ3) is 3.30. The van der Waals surface area contributed by atoms with Crippen molar-refractivity contribution in [2.75, 3.05) is 33.2 Å². The van der Waals surface area contributed by atoms with Crippen LogP contribution in [-0.2, 0) is 7.05 Å². The molecule has 20 heavy (non-hydrogen) atoms. The van der Waals surface area contributed by atoms with E-state index < -0.39 is 0 Å². The average molecular weight is 277 g/mol. The summed E-state index contributed by atoms with van der Waals surface area (Å²) in [6.07, 6.45) is 2.47. The van der Waals surface area contributed by atoms with Crippen LogP contribution in [0.4, 0.5) is 0 Å². The Kier molecular flexibility index (Phi) is 5.00. The normalized spacial score (nSPS) is 20.3. The maximum absolute atomic E-state index is 12.5. The number of hydrogen-bond acceptors (Lipinski definition) is 3. The second-order valence-corrected chi connectivity index (χ2v) is 6.07. The molecule has 0 spiro atoms. The second kappa shape index (κ2) is 6.55. The molecule has 1 fully saturated rings. The summed E-state index contributed by atoms with van der Waals surface area (Å²) in [5, 5.41) is 3.25. The van der Waals surface area contributed by atoms with Crippen molar-refractivity contribution in [3.8, 4) is 0 Å². The summed E-state index contributed by atoms with van der Waals surface area (Å²) in [5.41, 5.74) is 3.12. The maximum atomic E-state index is 12.5. The van der Waals surface area contributed by atoms with Gasteiger partial charge in [0.2, 0.25) is 0 Å². The first kappa shape index (κ1) is 15.3. The molecule has 0 saturated carbocycles. The van der Waals surface area contributed by atoms with Crippen LogP contribution in [-0.4, -0.2) is 48.5 Å². The van der Waals surface area contributed by atoms with Crippen molar-refractivity contribution in [2.45, 2.75) is 26.7 Å². The van der Waals surface area contributed by atoms with E-state index in [0.29, 0.717) is 12.5 Å². The van der Waals surface area contributed by atoms with Gasteiger partial charge in [-0.15, -0.1) is 0 Å². The summed E-state index contributed by atoms with van der Waals surface area (Å²) in [7, 11) is 4.02. The van der Waals surface area contributed by atoms with Gasteiger partial charge < -0.3 is 9.88 Å². The lowest BCUT2D eigenvalue weighted by Crippen LogP contribution is -2.41. The Labute approximate surface area is 122 Å². The first-order valence-corrected chi connectivity index (χ1v) is 7.56. The zero-order valence-electron chi connectivity index (χ0n) is 13.2. The molecule has 1 aromatic rings. The van der Waals surface area contributed by atoms with Gasteiger partial charge in [-0.2, -0.15) is 0 Å². The van der Waals surface area contributed by atoms with Gasteiger partial charge in [0.1, 0.15) is 0 Å². The van der Waals surface area contributed by atoms with E-state index in [1.165, 1.54) is 12.8 Å². The molecule has 1 atom stereocenters. The van der Waals surface area contributed by atoms with E-state index in [4.69, 9.17) is 0 Å². The number of rotatable bonds is 5. The smallest absolute Gasteiger partial charge is 0.178 e. The van der Waals surface area contributed by atoms with Crippen LogP contribution in [0.25, 0.3) is 0 Å². The van der Waals surface area contributed by atoms with Gasteiger partial charge in [0.05, 0.1) is 6.54 Å². The topological polar surface area (TPSA) is 37.3 Å². The summed E-state index contributed by atoms with van der Waals surface area (Å²) >= 11 is 0. The molecule has 2 heterocycles. The lowest BCUT2D eigenvalue weighted by molar-refractivity contribution is 0.0886. The van der Waals surface area contributed by atoms with Crippen molar-refractivity contribution < 1.29 is 4.79 Å². The summed E-state index contributed by atoms with van der Waals surface area (Å²) in [6.45, 7) is 7.78. The van der Waals surface area contributed by atoms with Gasteiger partial charge in [0.15, 0.2) is 5.78 Å². The number of piperidine rings is 1. The fourth-order valence-electron chi connectivity index (χ4n) is 3.18. The summed E-state index contributed by atoms with van der Waals surface area (Å²) in [5.74, 6) is 0.941. The highest BCUT2D eigenvalue weighted by molar-refractivity contribution is 5.99. The molecule has 0 aromatic carbocycles. The second-order valence-electron chi connectivity index (χ2n) is 6.07. The van der Waals surface area contributed by atoms with Gasteiger partial charge in [0, 0.05) is 30.5 Å². The first-order chi connectivity index (χ1) is 9.52. The van der Waals surface area contributed by atoms with E-state index >= 15 is 0 Å². The van der Waals surface area contributed by atoms with Crippen LogP contribution in [0.3, 0.4) is 0 Å². The van der Waals surface area contributed by atoms with Gasteiger partial charge in [-0.05, 0) is 58.8 Å². The number of nitrogens with zero attached hydrogens (tertiary/aromatic N) is 2. The molecule has 1 aliphatic rings. The minimum Gasteiger partial charge on any atom is -0.351 e. The number of aryl methyl sites for hydroxylation is 1. The standard InChI is InChI=1S/C16H27N3O/c1-12-8-15(13(2)18(12)4)16(20)11-19-7-5-6-14(10-19)9-17-3/h8,14,17H,5-7,9-11H2,1-4H3. The molecule has 112 valence electrons. The number of carbonyl (C=O) groups excluding carboxylic acids is 1. The van der Waals surface area contributed by atoms with Gasteiger partial charge in [0.25, 0.3) is 0 Å². The zero-order chi connectivity index (χ0) is 14.7. The van der Waals surface area contributed by atoms with Gasteiger partial charge in [-0.1, -0.05) is 0 Å². The Morgan fingerprint density at radius 3 is 2.80 bits per heavy atom. The third-order valence-corrected chi connectivity index (χ3v) is 4.54. The molecule has 0 radical (unpaired) electrons. The van der Waals surface area contributed by atoms with Crippen LogP contribution < -0.4 is 5.32 Å². The zero-order valence-corrected chi connectivity index (χ0v) is 13.2. The minimum absolute atomic E-state index is 0.260. The van der Waals surface area contributed by atoms with Crippen LogP contribution in [0.1, 0.15) is 34.6 Å². The van der Waals surface area contributed by atoms with Crippen molar-refractivity contribution in [1.82, 2.24) is 14.8 Å².